The molecule has 4 heteroatoms. The molecule has 0 aromatic heterocycles. The number of amidine groups is 1. The topological polar surface area (TPSA) is 39.7 Å². The van der Waals surface area contributed by atoms with Crippen LogP contribution in [0.3, 0.4) is 0 Å². The van der Waals surface area contributed by atoms with Crippen LogP contribution >= 0.6 is 0 Å². The molecule has 8 aliphatic rings. The second-order valence-electron chi connectivity index (χ2n) is 18.4. The van der Waals surface area contributed by atoms with Gasteiger partial charge in [-0.05, 0) is 149 Å². The summed E-state index contributed by atoms with van der Waals surface area (Å²) in [4.78, 5) is 8.05. The first-order chi connectivity index (χ1) is 31.6. The number of hydrogen-bond donors (Lipinski definition) is 2. The second-order valence-corrected chi connectivity index (χ2v) is 18.4. The number of anilines is 1. The zero-order valence-electron chi connectivity index (χ0n) is 36.6. The highest BCUT2D eigenvalue weighted by atomic mass is 15.4. The standard InChI is InChI=1S/C60H54N4/c1-39-15-5-6-24-49(39)56-38-55(47-22-12-19-44(36-47)40-16-3-2-4-17-40)61-59(62-56)48-23-13-21-46(37-48)45-20-11-18-43(35-45)41-31-33-42(34-32-41)60-63-54-29-14-28-53-51-26-8-7-25-50(51)52-27-9-10-30-57(52)64(60)58(53)54/h2-3,5-7,9-11,13,15-16,18,20-25,27,29-39,49,56,60,63H,4,8,12,14,17,19,26,28H2,1H3,(H,61,62). The molecular weight excluding hydrogens is 777 g/mol. The third-order valence-electron chi connectivity index (χ3n) is 14.5. The number of aliphatic imine (C=N–C) groups is 1. The zero-order valence-corrected chi connectivity index (χ0v) is 36.6. The van der Waals surface area contributed by atoms with Gasteiger partial charge < -0.3 is 15.5 Å². The van der Waals surface area contributed by atoms with Gasteiger partial charge in [-0.2, -0.15) is 0 Å². The molecule has 4 aromatic rings. The highest BCUT2D eigenvalue weighted by Gasteiger charge is 2.41. The lowest BCUT2D eigenvalue weighted by Crippen LogP contribution is -2.35. The fourth-order valence-electron chi connectivity index (χ4n) is 11.2. The first kappa shape index (κ1) is 38.7. The molecular formula is C60H54N4. The third-order valence-corrected chi connectivity index (χ3v) is 14.5. The smallest absolute Gasteiger partial charge is 0.133 e. The Kier molecular flexibility index (Phi) is 9.89. The number of allylic oxidation sites excluding steroid dienone is 16. The second kappa shape index (κ2) is 16.3. The highest BCUT2D eigenvalue weighted by Crippen LogP contribution is 2.51. The van der Waals surface area contributed by atoms with Crippen molar-refractivity contribution in [3.05, 3.63) is 238 Å². The summed E-state index contributed by atoms with van der Waals surface area (Å²) in [7, 11) is 0. The number of nitrogens with zero attached hydrogens (tertiary/aromatic N) is 2. The molecule has 4 atom stereocenters. The van der Waals surface area contributed by atoms with Gasteiger partial charge in [-0.1, -0.05) is 153 Å². The lowest BCUT2D eigenvalue weighted by molar-refractivity contribution is 0.457. The van der Waals surface area contributed by atoms with Gasteiger partial charge in [0.05, 0.1) is 23.1 Å². The van der Waals surface area contributed by atoms with Crippen LogP contribution in [0.4, 0.5) is 5.69 Å². The summed E-state index contributed by atoms with van der Waals surface area (Å²) in [5, 5.41) is 7.83. The summed E-state index contributed by atoms with van der Waals surface area (Å²) in [5.74, 6) is 1.63. The Hall–Kier alpha value is -6.91. The Morgan fingerprint density at radius 3 is 2.23 bits per heavy atom. The molecule has 5 aliphatic carbocycles. The van der Waals surface area contributed by atoms with E-state index in [1.807, 2.05) is 0 Å². The van der Waals surface area contributed by atoms with Crippen molar-refractivity contribution in [1.29, 1.82) is 0 Å². The average Bonchev–Trinajstić information content (AvgIpc) is 3.71. The minimum absolute atomic E-state index is 0.0169. The van der Waals surface area contributed by atoms with Crippen molar-refractivity contribution in [3.8, 4) is 22.3 Å². The van der Waals surface area contributed by atoms with Crippen molar-refractivity contribution in [3.63, 3.8) is 0 Å². The highest BCUT2D eigenvalue weighted by molar-refractivity contribution is 6.02. The number of rotatable bonds is 7. The summed E-state index contributed by atoms with van der Waals surface area (Å²) in [6, 6.07) is 36.3. The molecule has 4 aromatic carbocycles. The quantitative estimate of drug-likeness (QED) is 0.195. The van der Waals surface area contributed by atoms with Crippen LogP contribution in [0.15, 0.2) is 226 Å². The van der Waals surface area contributed by atoms with Gasteiger partial charge in [-0.15, -0.1) is 0 Å². The zero-order chi connectivity index (χ0) is 42.6. The van der Waals surface area contributed by atoms with E-state index in [4.69, 9.17) is 4.99 Å². The predicted molar refractivity (Wildman–Crippen MR) is 266 cm³/mol. The lowest BCUT2D eigenvalue weighted by atomic mass is 9.82. The summed E-state index contributed by atoms with van der Waals surface area (Å²) in [6.45, 7) is 2.31. The minimum Gasteiger partial charge on any atom is -0.360 e. The molecule has 4 nitrogen and oxygen atoms in total. The number of nitrogens with one attached hydrogen (secondary N) is 2. The first-order valence-corrected chi connectivity index (χ1v) is 23.6. The van der Waals surface area contributed by atoms with Crippen LogP contribution in [0.2, 0.25) is 0 Å². The van der Waals surface area contributed by atoms with Gasteiger partial charge in [0.15, 0.2) is 0 Å². The van der Waals surface area contributed by atoms with Crippen molar-refractivity contribution in [2.75, 3.05) is 4.90 Å². The molecule has 2 N–H and O–H groups in total. The maximum atomic E-state index is 5.46. The van der Waals surface area contributed by atoms with Crippen molar-refractivity contribution >= 4 is 17.1 Å². The van der Waals surface area contributed by atoms with Gasteiger partial charge >= 0.3 is 0 Å². The average molecular weight is 831 g/mol. The van der Waals surface area contributed by atoms with Crippen molar-refractivity contribution in [2.24, 2.45) is 16.8 Å². The van der Waals surface area contributed by atoms with Gasteiger partial charge in [0.2, 0.25) is 0 Å². The van der Waals surface area contributed by atoms with Crippen molar-refractivity contribution in [1.82, 2.24) is 10.6 Å². The van der Waals surface area contributed by atoms with E-state index in [0.717, 1.165) is 62.8 Å². The first-order valence-electron chi connectivity index (χ1n) is 23.6. The van der Waals surface area contributed by atoms with Gasteiger partial charge in [-0.3, -0.25) is 4.99 Å². The molecule has 64 heavy (non-hydrogen) atoms. The minimum atomic E-state index is 0.0169. The van der Waals surface area contributed by atoms with Gasteiger partial charge in [0.1, 0.15) is 12.0 Å². The Morgan fingerprint density at radius 1 is 0.641 bits per heavy atom. The van der Waals surface area contributed by atoms with Crippen LogP contribution in [-0.2, 0) is 0 Å². The number of fused-ring (bicyclic) bond motifs is 4. The number of benzene rings is 4. The Bertz CT molecular complexity index is 2970. The van der Waals surface area contributed by atoms with Crippen molar-refractivity contribution < 1.29 is 0 Å². The third kappa shape index (κ3) is 6.97. The fraction of sp³-hybridized carbons (Fsp3) is 0.217. The van der Waals surface area contributed by atoms with Gasteiger partial charge in [0.25, 0.3) is 0 Å². The Balaban J connectivity index is 0.836. The van der Waals surface area contributed by atoms with E-state index in [2.05, 4.69) is 199 Å². The van der Waals surface area contributed by atoms with E-state index in [1.165, 1.54) is 89.6 Å². The van der Waals surface area contributed by atoms with Crippen LogP contribution in [0.1, 0.15) is 81.1 Å². The van der Waals surface area contributed by atoms with Crippen LogP contribution in [0.5, 0.6) is 0 Å². The largest absolute Gasteiger partial charge is 0.360 e. The van der Waals surface area contributed by atoms with E-state index in [-0.39, 0.29) is 12.2 Å². The molecule has 4 unspecified atom stereocenters. The monoisotopic (exact) mass is 830 g/mol. The normalized spacial score (nSPS) is 24.2. The van der Waals surface area contributed by atoms with E-state index >= 15 is 0 Å². The summed E-state index contributed by atoms with van der Waals surface area (Å²) in [5.41, 5.74) is 22.3. The molecule has 3 heterocycles. The van der Waals surface area contributed by atoms with E-state index in [9.17, 15) is 0 Å². The van der Waals surface area contributed by atoms with Crippen LogP contribution < -0.4 is 15.5 Å². The molecule has 0 bridgehead atoms. The lowest BCUT2D eigenvalue weighted by Gasteiger charge is -2.31. The van der Waals surface area contributed by atoms with Crippen LogP contribution in [0.25, 0.3) is 27.8 Å². The van der Waals surface area contributed by atoms with Gasteiger partial charge in [-0.25, -0.2) is 0 Å². The summed E-state index contributed by atoms with van der Waals surface area (Å²) in [6.07, 6.45) is 39.0. The Morgan fingerprint density at radius 2 is 1.39 bits per heavy atom. The van der Waals surface area contributed by atoms with Crippen LogP contribution in [-0.4, -0.2) is 11.9 Å². The molecule has 3 aliphatic heterocycles. The maximum absolute atomic E-state index is 5.46. The molecule has 0 spiro atoms. The summed E-state index contributed by atoms with van der Waals surface area (Å²) < 4.78 is 0. The molecule has 314 valence electrons. The van der Waals surface area contributed by atoms with E-state index < -0.39 is 0 Å². The molecule has 0 saturated carbocycles. The fourth-order valence-corrected chi connectivity index (χ4v) is 11.2. The maximum Gasteiger partial charge on any atom is 0.133 e. The Labute approximate surface area is 378 Å². The SMILES string of the molecule is CC1C=CC=CC1C1C=C(C2=CCCC(C3=CC=CCC3)=C2)NC(c2cccc(-c3cccc(-c4ccc(C5NC6=CCCC7=C6N5c5ccccc5C5=C7CCC=C5)cc4)c3)c2)=N1. The van der Waals surface area contributed by atoms with Crippen LogP contribution in [0, 0.1) is 11.8 Å². The van der Waals surface area contributed by atoms with E-state index in [1.54, 1.807) is 0 Å². The number of para-hydroxylation sites is 1. The van der Waals surface area contributed by atoms with E-state index in [0.29, 0.717) is 11.8 Å². The van der Waals surface area contributed by atoms with Gasteiger partial charge in [0, 0.05) is 22.7 Å². The molecule has 0 radical (unpaired) electrons. The molecule has 1 fully saturated rings. The molecule has 0 amide bonds. The molecule has 1 saturated heterocycles. The molecule has 12 rings (SSSR count). The number of hydrogen-bond acceptors (Lipinski definition) is 4. The summed E-state index contributed by atoms with van der Waals surface area (Å²) >= 11 is 0. The van der Waals surface area contributed by atoms with Crippen molar-refractivity contribution in [2.45, 2.75) is 70.5 Å². The predicted octanol–water partition coefficient (Wildman–Crippen LogP) is 14.1.